The molecule has 2 aromatic rings. The summed E-state index contributed by atoms with van der Waals surface area (Å²) in [6.45, 7) is 8.62. The van der Waals surface area contributed by atoms with Gasteiger partial charge in [0.2, 0.25) is 0 Å². The zero-order valence-corrected chi connectivity index (χ0v) is 16.4. The van der Waals surface area contributed by atoms with Crippen molar-refractivity contribution < 1.29 is 14.3 Å². The molecule has 0 aliphatic carbocycles. The fourth-order valence-electron chi connectivity index (χ4n) is 3.16. The van der Waals surface area contributed by atoms with Crippen LogP contribution in [0.4, 0.5) is 4.79 Å². The number of amides is 2. The Balaban J connectivity index is 2.04. The maximum atomic E-state index is 12.3. The van der Waals surface area contributed by atoms with Gasteiger partial charge in [0.25, 0.3) is 0 Å². The Bertz CT molecular complexity index is 764. The Labute approximate surface area is 155 Å². The Hall–Kier alpha value is -2.69. The summed E-state index contributed by atoms with van der Waals surface area (Å²) in [7, 11) is 3.23. The van der Waals surface area contributed by atoms with Crippen molar-refractivity contribution in [3.8, 4) is 11.5 Å². The first-order chi connectivity index (χ1) is 12.3. The molecule has 1 unspecified atom stereocenters. The minimum atomic E-state index is -0.222. The van der Waals surface area contributed by atoms with E-state index in [-0.39, 0.29) is 12.1 Å². The molecule has 0 aromatic heterocycles. The average molecular weight is 356 g/mol. The Kier molecular flexibility index (Phi) is 6.50. The van der Waals surface area contributed by atoms with Crippen molar-refractivity contribution in [2.24, 2.45) is 0 Å². The van der Waals surface area contributed by atoms with Crippen LogP contribution in [0.5, 0.6) is 11.5 Å². The van der Waals surface area contributed by atoms with Gasteiger partial charge in [0, 0.05) is 12.1 Å². The van der Waals surface area contributed by atoms with E-state index in [9.17, 15) is 4.79 Å². The van der Waals surface area contributed by atoms with Gasteiger partial charge in [-0.05, 0) is 62.6 Å². The van der Waals surface area contributed by atoms with Gasteiger partial charge in [-0.2, -0.15) is 0 Å². The van der Waals surface area contributed by atoms with Gasteiger partial charge in [-0.3, -0.25) is 0 Å². The number of rotatable bonds is 6. The molecule has 0 fully saturated rings. The van der Waals surface area contributed by atoms with E-state index in [1.54, 1.807) is 14.2 Å². The highest BCUT2D eigenvalue weighted by molar-refractivity contribution is 5.74. The molecular weight excluding hydrogens is 328 g/mol. The van der Waals surface area contributed by atoms with Crippen LogP contribution >= 0.6 is 0 Å². The predicted molar refractivity (Wildman–Crippen MR) is 104 cm³/mol. The fraction of sp³-hybridized carbons (Fsp3) is 0.381. The van der Waals surface area contributed by atoms with Crippen LogP contribution in [0, 0.1) is 20.8 Å². The first kappa shape index (κ1) is 19.6. The molecule has 5 nitrogen and oxygen atoms in total. The molecule has 2 N–H and O–H groups in total. The van der Waals surface area contributed by atoms with E-state index in [1.165, 1.54) is 16.7 Å². The third-order valence-corrected chi connectivity index (χ3v) is 4.52. The molecule has 0 saturated carbocycles. The van der Waals surface area contributed by atoms with Gasteiger partial charge in [0.05, 0.1) is 20.3 Å². The highest BCUT2D eigenvalue weighted by Gasteiger charge is 2.15. The maximum absolute atomic E-state index is 12.3. The first-order valence-corrected chi connectivity index (χ1v) is 8.68. The van der Waals surface area contributed by atoms with Crippen molar-refractivity contribution in [2.75, 3.05) is 14.2 Å². The molecule has 0 aliphatic rings. The molecule has 0 spiro atoms. The lowest BCUT2D eigenvalue weighted by Crippen LogP contribution is -2.37. The quantitative estimate of drug-likeness (QED) is 0.816. The largest absolute Gasteiger partial charge is 0.497 e. The molecule has 1 atom stereocenters. The number of nitrogens with one attached hydrogen (secondary N) is 2. The Morgan fingerprint density at radius 3 is 2.27 bits per heavy atom. The standard InChI is InChI=1S/C21H28N2O3/c1-13-9-14(2)19(15(3)10-13)12-22-21(24)23-16(4)18-11-17(25-5)7-8-20(18)26-6/h7-11,16H,12H2,1-6H3,(H2,22,23,24). The molecule has 5 heteroatoms. The zero-order chi connectivity index (χ0) is 19.3. The molecule has 0 saturated heterocycles. The molecule has 0 radical (unpaired) electrons. The maximum Gasteiger partial charge on any atom is 0.315 e. The smallest absolute Gasteiger partial charge is 0.315 e. The van der Waals surface area contributed by atoms with Crippen molar-refractivity contribution in [1.82, 2.24) is 10.6 Å². The van der Waals surface area contributed by atoms with Crippen molar-refractivity contribution in [1.29, 1.82) is 0 Å². The minimum Gasteiger partial charge on any atom is -0.497 e. The van der Waals surface area contributed by atoms with Crippen LogP contribution in [0.15, 0.2) is 30.3 Å². The summed E-state index contributed by atoms with van der Waals surface area (Å²) in [5.41, 5.74) is 5.62. The number of methoxy groups -OCH3 is 2. The lowest BCUT2D eigenvalue weighted by Gasteiger charge is -2.19. The molecule has 2 amide bonds. The summed E-state index contributed by atoms with van der Waals surface area (Å²) in [5, 5.41) is 5.90. The van der Waals surface area contributed by atoms with Crippen LogP contribution in [-0.4, -0.2) is 20.3 Å². The van der Waals surface area contributed by atoms with Crippen LogP contribution < -0.4 is 20.1 Å². The van der Waals surface area contributed by atoms with E-state index in [2.05, 4.69) is 43.5 Å². The summed E-state index contributed by atoms with van der Waals surface area (Å²) < 4.78 is 10.7. The van der Waals surface area contributed by atoms with E-state index >= 15 is 0 Å². The monoisotopic (exact) mass is 356 g/mol. The third kappa shape index (κ3) is 4.69. The number of aryl methyl sites for hydroxylation is 3. The number of hydrogen-bond donors (Lipinski definition) is 2. The number of hydrogen-bond acceptors (Lipinski definition) is 3. The Morgan fingerprint density at radius 1 is 1.04 bits per heavy atom. The van der Waals surface area contributed by atoms with E-state index < -0.39 is 0 Å². The van der Waals surface area contributed by atoms with E-state index in [4.69, 9.17) is 9.47 Å². The summed E-state index contributed by atoms with van der Waals surface area (Å²) in [4.78, 5) is 12.3. The first-order valence-electron chi connectivity index (χ1n) is 8.68. The van der Waals surface area contributed by atoms with Gasteiger partial charge in [-0.15, -0.1) is 0 Å². The lowest BCUT2D eigenvalue weighted by molar-refractivity contribution is 0.237. The van der Waals surface area contributed by atoms with Crippen molar-refractivity contribution >= 4 is 6.03 Å². The van der Waals surface area contributed by atoms with Gasteiger partial charge >= 0.3 is 6.03 Å². The molecule has 26 heavy (non-hydrogen) atoms. The number of urea groups is 1. The highest BCUT2D eigenvalue weighted by Crippen LogP contribution is 2.29. The van der Waals surface area contributed by atoms with Gasteiger partial charge < -0.3 is 20.1 Å². The van der Waals surface area contributed by atoms with Gasteiger partial charge in [0.15, 0.2) is 0 Å². The lowest BCUT2D eigenvalue weighted by atomic mass is 10.00. The molecular formula is C21H28N2O3. The SMILES string of the molecule is COc1ccc(OC)c(C(C)NC(=O)NCc2c(C)cc(C)cc2C)c1. The van der Waals surface area contributed by atoms with Gasteiger partial charge in [0.1, 0.15) is 11.5 Å². The van der Waals surface area contributed by atoms with Gasteiger partial charge in [-0.1, -0.05) is 17.7 Å². The van der Waals surface area contributed by atoms with E-state index in [0.717, 1.165) is 16.9 Å². The fourth-order valence-corrected chi connectivity index (χ4v) is 3.16. The molecule has 0 bridgehead atoms. The van der Waals surface area contributed by atoms with Crippen LogP contribution in [-0.2, 0) is 6.54 Å². The summed E-state index contributed by atoms with van der Waals surface area (Å²) in [5.74, 6) is 1.43. The Morgan fingerprint density at radius 2 is 1.69 bits per heavy atom. The van der Waals surface area contributed by atoms with Crippen LogP contribution in [0.2, 0.25) is 0 Å². The van der Waals surface area contributed by atoms with Crippen molar-refractivity contribution in [3.63, 3.8) is 0 Å². The second-order valence-corrected chi connectivity index (χ2v) is 6.53. The number of carbonyl (C=O) groups excluding carboxylic acids is 1. The average Bonchev–Trinajstić information content (AvgIpc) is 2.60. The molecule has 2 rings (SSSR count). The third-order valence-electron chi connectivity index (χ3n) is 4.52. The second kappa shape index (κ2) is 8.61. The summed E-state index contributed by atoms with van der Waals surface area (Å²) >= 11 is 0. The number of carbonyl (C=O) groups is 1. The van der Waals surface area contributed by atoms with Crippen LogP contribution in [0.3, 0.4) is 0 Å². The molecule has 0 aliphatic heterocycles. The minimum absolute atomic E-state index is 0.221. The molecule has 140 valence electrons. The normalized spacial score (nSPS) is 11.6. The molecule has 0 heterocycles. The summed E-state index contributed by atoms with van der Waals surface area (Å²) in [6.07, 6.45) is 0. The van der Waals surface area contributed by atoms with Crippen LogP contribution in [0.1, 0.15) is 40.8 Å². The number of benzene rings is 2. The number of ether oxygens (including phenoxy) is 2. The van der Waals surface area contributed by atoms with Crippen molar-refractivity contribution in [2.45, 2.75) is 40.3 Å². The van der Waals surface area contributed by atoms with Gasteiger partial charge in [-0.25, -0.2) is 4.79 Å². The van der Waals surface area contributed by atoms with Crippen LogP contribution in [0.25, 0.3) is 0 Å². The topological polar surface area (TPSA) is 59.6 Å². The summed E-state index contributed by atoms with van der Waals surface area (Å²) in [6, 6.07) is 9.36. The molecule has 2 aromatic carbocycles. The second-order valence-electron chi connectivity index (χ2n) is 6.53. The van der Waals surface area contributed by atoms with E-state index in [0.29, 0.717) is 12.3 Å². The zero-order valence-electron chi connectivity index (χ0n) is 16.4. The predicted octanol–water partition coefficient (Wildman–Crippen LogP) is 4.19. The van der Waals surface area contributed by atoms with Crippen molar-refractivity contribution in [3.05, 3.63) is 58.1 Å². The van der Waals surface area contributed by atoms with E-state index in [1.807, 2.05) is 25.1 Å². The highest BCUT2D eigenvalue weighted by atomic mass is 16.5.